The molecule has 0 radical (unpaired) electrons. The third-order valence-electron chi connectivity index (χ3n) is 2.07. The molecule has 0 aliphatic carbocycles. The van der Waals surface area contributed by atoms with Gasteiger partial charge in [0.15, 0.2) is 0 Å². The fraction of sp³-hybridized carbons (Fsp3) is 0.667. The van der Waals surface area contributed by atoms with Gasteiger partial charge in [-0.25, -0.2) is 0 Å². The molecule has 0 aromatic carbocycles. The average molecular weight is 211 g/mol. The Bertz CT molecular complexity index is 285. The van der Waals surface area contributed by atoms with E-state index in [1.54, 1.807) is 17.1 Å². The van der Waals surface area contributed by atoms with Crippen LogP contribution < -0.4 is 10.6 Å². The molecule has 0 spiro atoms. The van der Waals surface area contributed by atoms with Gasteiger partial charge in [0.25, 0.3) is 0 Å². The van der Waals surface area contributed by atoms with Gasteiger partial charge < -0.3 is 10.6 Å². The number of amides is 1. The largest absolute Gasteiger partial charge is 0.354 e. The summed E-state index contributed by atoms with van der Waals surface area (Å²) >= 11 is 0. The molecule has 1 amide bonds. The SMILES string of the molecule is CNCC(C)C(=O)NCCn1ccnn1. The van der Waals surface area contributed by atoms with Crippen molar-refractivity contribution < 1.29 is 4.79 Å². The van der Waals surface area contributed by atoms with Gasteiger partial charge in [-0.05, 0) is 7.05 Å². The summed E-state index contributed by atoms with van der Waals surface area (Å²) in [5.41, 5.74) is 0. The molecule has 1 aromatic rings. The molecule has 1 rings (SSSR count). The van der Waals surface area contributed by atoms with Crippen LogP contribution in [0.3, 0.4) is 0 Å². The van der Waals surface area contributed by atoms with Crippen molar-refractivity contribution in [1.82, 2.24) is 25.6 Å². The van der Waals surface area contributed by atoms with Crippen LogP contribution in [0.4, 0.5) is 0 Å². The number of hydrogen-bond donors (Lipinski definition) is 2. The fourth-order valence-corrected chi connectivity index (χ4v) is 1.22. The van der Waals surface area contributed by atoms with Crippen LogP contribution in [-0.2, 0) is 11.3 Å². The Hall–Kier alpha value is -1.43. The molecule has 1 heterocycles. The summed E-state index contributed by atoms with van der Waals surface area (Å²) < 4.78 is 1.68. The summed E-state index contributed by atoms with van der Waals surface area (Å²) in [6.07, 6.45) is 3.38. The first-order valence-electron chi connectivity index (χ1n) is 5.00. The lowest BCUT2D eigenvalue weighted by Gasteiger charge is -2.11. The molecule has 1 atom stereocenters. The summed E-state index contributed by atoms with van der Waals surface area (Å²) in [5, 5.41) is 13.3. The van der Waals surface area contributed by atoms with Crippen LogP contribution in [0.1, 0.15) is 6.92 Å². The van der Waals surface area contributed by atoms with Crippen molar-refractivity contribution >= 4 is 5.91 Å². The van der Waals surface area contributed by atoms with Gasteiger partial charge in [-0.15, -0.1) is 5.10 Å². The van der Waals surface area contributed by atoms with Crippen LogP contribution in [0.15, 0.2) is 12.4 Å². The minimum Gasteiger partial charge on any atom is -0.354 e. The summed E-state index contributed by atoms with van der Waals surface area (Å²) in [6, 6.07) is 0. The standard InChI is InChI=1S/C9H17N5O/c1-8(7-10-2)9(15)11-3-5-14-6-4-12-13-14/h4,6,8,10H,3,5,7H2,1-2H3,(H,11,15). The molecule has 0 saturated carbocycles. The van der Waals surface area contributed by atoms with Gasteiger partial charge in [0, 0.05) is 25.2 Å². The number of nitrogens with one attached hydrogen (secondary N) is 2. The molecule has 1 unspecified atom stereocenters. The molecule has 15 heavy (non-hydrogen) atoms. The molecule has 6 heteroatoms. The van der Waals surface area contributed by atoms with Crippen LogP contribution in [-0.4, -0.2) is 41.0 Å². The zero-order valence-corrected chi connectivity index (χ0v) is 9.10. The van der Waals surface area contributed by atoms with E-state index in [1.165, 1.54) is 0 Å². The number of carbonyl (C=O) groups is 1. The minimum absolute atomic E-state index is 0.00857. The van der Waals surface area contributed by atoms with E-state index >= 15 is 0 Å². The van der Waals surface area contributed by atoms with Crippen LogP contribution in [0.2, 0.25) is 0 Å². The Labute approximate surface area is 89.0 Å². The van der Waals surface area contributed by atoms with Gasteiger partial charge in [-0.1, -0.05) is 12.1 Å². The first-order chi connectivity index (χ1) is 7.24. The molecular weight excluding hydrogens is 194 g/mol. The van der Waals surface area contributed by atoms with Crippen LogP contribution in [0.25, 0.3) is 0 Å². The second-order valence-corrected chi connectivity index (χ2v) is 3.42. The van der Waals surface area contributed by atoms with Crippen LogP contribution in [0.5, 0.6) is 0 Å². The monoisotopic (exact) mass is 211 g/mol. The van der Waals surface area contributed by atoms with Crippen molar-refractivity contribution in [3.8, 4) is 0 Å². The van der Waals surface area contributed by atoms with Gasteiger partial charge in [-0.2, -0.15) is 0 Å². The lowest BCUT2D eigenvalue weighted by molar-refractivity contribution is -0.124. The van der Waals surface area contributed by atoms with Crippen molar-refractivity contribution in [2.45, 2.75) is 13.5 Å². The average Bonchev–Trinajstić information content (AvgIpc) is 2.71. The third kappa shape index (κ3) is 4.07. The molecule has 0 bridgehead atoms. The third-order valence-corrected chi connectivity index (χ3v) is 2.07. The number of hydrogen-bond acceptors (Lipinski definition) is 4. The number of aromatic nitrogens is 3. The Balaban J connectivity index is 2.17. The molecule has 0 aliphatic heterocycles. The van der Waals surface area contributed by atoms with Crippen LogP contribution >= 0.6 is 0 Å². The van der Waals surface area contributed by atoms with Gasteiger partial charge in [0.1, 0.15) is 0 Å². The van der Waals surface area contributed by atoms with Crippen molar-refractivity contribution in [3.63, 3.8) is 0 Å². The normalized spacial score (nSPS) is 12.4. The molecule has 1 aromatic heterocycles. The van der Waals surface area contributed by atoms with E-state index in [4.69, 9.17) is 0 Å². The van der Waals surface area contributed by atoms with E-state index in [9.17, 15) is 4.79 Å². The Morgan fingerprint density at radius 1 is 1.60 bits per heavy atom. The minimum atomic E-state index is -0.00857. The predicted octanol–water partition coefficient (Wildman–Crippen LogP) is -0.750. The van der Waals surface area contributed by atoms with Crippen LogP contribution in [0, 0.1) is 5.92 Å². The zero-order valence-electron chi connectivity index (χ0n) is 9.10. The second kappa shape index (κ2) is 6.13. The smallest absolute Gasteiger partial charge is 0.224 e. The Kier molecular flexibility index (Phi) is 4.76. The van der Waals surface area contributed by atoms with Gasteiger partial charge >= 0.3 is 0 Å². The number of rotatable bonds is 6. The van der Waals surface area contributed by atoms with Gasteiger partial charge in [0.05, 0.1) is 12.7 Å². The first kappa shape index (κ1) is 11.6. The van der Waals surface area contributed by atoms with E-state index in [2.05, 4.69) is 20.9 Å². The summed E-state index contributed by atoms with van der Waals surface area (Å²) in [7, 11) is 1.83. The van der Waals surface area contributed by atoms with E-state index < -0.39 is 0 Å². The highest BCUT2D eigenvalue weighted by Crippen LogP contribution is 1.91. The molecule has 6 nitrogen and oxygen atoms in total. The topological polar surface area (TPSA) is 71.8 Å². The highest BCUT2D eigenvalue weighted by atomic mass is 16.1. The zero-order chi connectivity index (χ0) is 11.1. The molecule has 0 aliphatic rings. The van der Waals surface area contributed by atoms with E-state index in [1.807, 2.05) is 14.0 Å². The van der Waals surface area contributed by atoms with Crippen molar-refractivity contribution in [2.24, 2.45) is 5.92 Å². The number of nitrogens with zero attached hydrogens (tertiary/aromatic N) is 3. The maximum absolute atomic E-state index is 11.5. The Morgan fingerprint density at radius 3 is 3.00 bits per heavy atom. The summed E-state index contributed by atoms with van der Waals surface area (Å²) in [6.45, 7) is 3.81. The van der Waals surface area contributed by atoms with Crippen molar-refractivity contribution in [2.75, 3.05) is 20.1 Å². The van der Waals surface area contributed by atoms with Crippen molar-refractivity contribution in [3.05, 3.63) is 12.4 Å². The highest BCUT2D eigenvalue weighted by Gasteiger charge is 2.10. The number of carbonyl (C=O) groups excluding carboxylic acids is 1. The lowest BCUT2D eigenvalue weighted by Crippen LogP contribution is -2.36. The molecule has 0 fully saturated rings. The Morgan fingerprint density at radius 2 is 2.40 bits per heavy atom. The first-order valence-corrected chi connectivity index (χ1v) is 5.00. The van der Waals surface area contributed by atoms with Gasteiger partial charge in [-0.3, -0.25) is 9.48 Å². The molecule has 0 saturated heterocycles. The predicted molar refractivity (Wildman–Crippen MR) is 56.1 cm³/mol. The maximum Gasteiger partial charge on any atom is 0.224 e. The molecule has 2 N–H and O–H groups in total. The molecular formula is C9H17N5O. The highest BCUT2D eigenvalue weighted by molar-refractivity contribution is 5.78. The van der Waals surface area contributed by atoms with E-state index in [0.717, 1.165) is 0 Å². The summed E-state index contributed by atoms with van der Waals surface area (Å²) in [4.78, 5) is 11.5. The van der Waals surface area contributed by atoms with Crippen molar-refractivity contribution in [1.29, 1.82) is 0 Å². The summed E-state index contributed by atoms with van der Waals surface area (Å²) in [5.74, 6) is 0.0511. The van der Waals surface area contributed by atoms with E-state index in [0.29, 0.717) is 19.6 Å². The fourth-order valence-electron chi connectivity index (χ4n) is 1.22. The maximum atomic E-state index is 11.5. The van der Waals surface area contributed by atoms with Gasteiger partial charge in [0.2, 0.25) is 5.91 Å². The van der Waals surface area contributed by atoms with E-state index in [-0.39, 0.29) is 11.8 Å². The second-order valence-electron chi connectivity index (χ2n) is 3.42. The molecule has 84 valence electrons. The lowest BCUT2D eigenvalue weighted by atomic mass is 10.1. The quantitative estimate of drug-likeness (QED) is 0.649.